The van der Waals surface area contributed by atoms with Crippen LogP contribution in [0.25, 0.3) is 0 Å². The third-order valence-corrected chi connectivity index (χ3v) is 1.52. The lowest BCUT2D eigenvalue weighted by Gasteiger charge is -2.07. The minimum absolute atomic E-state index is 0.0782. The molecule has 0 aliphatic carbocycles. The van der Waals surface area contributed by atoms with Gasteiger partial charge < -0.3 is 5.11 Å². The van der Waals surface area contributed by atoms with Gasteiger partial charge in [0.1, 0.15) is 0 Å². The molecule has 0 bridgehead atoms. The first-order valence-electron chi connectivity index (χ1n) is 3.62. The van der Waals surface area contributed by atoms with Crippen molar-refractivity contribution in [3.05, 3.63) is 0 Å². The Bertz CT molecular complexity index is 153. The summed E-state index contributed by atoms with van der Waals surface area (Å²) in [6.45, 7) is 1.40. The monoisotopic (exact) mass is 184 g/mol. The number of alkyl halides is 3. The maximum Gasteiger partial charge on any atom is 0.389 e. The van der Waals surface area contributed by atoms with Crippen LogP contribution in [0.5, 0.6) is 0 Å². The van der Waals surface area contributed by atoms with Crippen molar-refractivity contribution in [1.82, 2.24) is 0 Å². The van der Waals surface area contributed by atoms with E-state index in [0.29, 0.717) is 0 Å². The average Bonchev–Trinajstić information content (AvgIpc) is 1.84. The number of carbonyl (C=O) groups is 1. The molecule has 0 aromatic heterocycles. The van der Waals surface area contributed by atoms with Crippen molar-refractivity contribution in [3.8, 4) is 0 Å². The van der Waals surface area contributed by atoms with Crippen molar-refractivity contribution < 1.29 is 23.1 Å². The first kappa shape index (κ1) is 11.3. The molecule has 5 heteroatoms. The Balaban J connectivity index is 3.51. The zero-order valence-electron chi connectivity index (χ0n) is 6.69. The van der Waals surface area contributed by atoms with Gasteiger partial charge in [-0.15, -0.1) is 0 Å². The summed E-state index contributed by atoms with van der Waals surface area (Å²) in [6.07, 6.45) is -5.10. The van der Waals surface area contributed by atoms with Crippen LogP contribution in [0.4, 0.5) is 13.2 Å². The molecule has 0 aromatic rings. The minimum atomic E-state index is -4.17. The van der Waals surface area contributed by atoms with Crippen LogP contribution in [0.3, 0.4) is 0 Å². The van der Waals surface area contributed by atoms with E-state index in [0.717, 1.165) is 0 Å². The molecular formula is C7H11F3O2. The summed E-state index contributed by atoms with van der Waals surface area (Å²) >= 11 is 0. The van der Waals surface area contributed by atoms with Gasteiger partial charge in [-0.2, -0.15) is 13.2 Å². The molecule has 0 fully saturated rings. The van der Waals surface area contributed by atoms with Crippen LogP contribution in [0.1, 0.15) is 26.2 Å². The first-order valence-corrected chi connectivity index (χ1v) is 3.62. The maximum absolute atomic E-state index is 11.6. The van der Waals surface area contributed by atoms with E-state index >= 15 is 0 Å². The fourth-order valence-electron chi connectivity index (χ4n) is 0.732. The number of hydrogen-bond donors (Lipinski definition) is 1. The summed E-state index contributed by atoms with van der Waals surface area (Å²) in [4.78, 5) is 10.2. The fourth-order valence-corrected chi connectivity index (χ4v) is 0.732. The molecule has 1 atom stereocenters. The SMILES string of the molecule is CC(CCCC(F)(F)F)C(=O)O. The van der Waals surface area contributed by atoms with Gasteiger partial charge in [0.2, 0.25) is 0 Å². The molecule has 2 nitrogen and oxygen atoms in total. The van der Waals surface area contributed by atoms with Crippen LogP contribution >= 0.6 is 0 Å². The molecule has 0 amide bonds. The summed E-state index contributed by atoms with van der Waals surface area (Å²) in [5.74, 6) is -1.73. The first-order chi connectivity index (χ1) is 5.33. The standard InChI is InChI=1S/C7H11F3O2/c1-5(6(11)12)3-2-4-7(8,9)10/h5H,2-4H2,1H3,(H,11,12). The molecule has 1 unspecified atom stereocenters. The van der Waals surface area contributed by atoms with Crippen molar-refractivity contribution in [2.45, 2.75) is 32.4 Å². The largest absolute Gasteiger partial charge is 0.481 e. The molecule has 0 spiro atoms. The zero-order valence-corrected chi connectivity index (χ0v) is 6.69. The molecule has 0 aliphatic rings. The Morgan fingerprint density at radius 2 is 2.00 bits per heavy atom. The van der Waals surface area contributed by atoms with Crippen LogP contribution in [0, 0.1) is 5.92 Å². The van der Waals surface area contributed by atoms with E-state index in [9.17, 15) is 18.0 Å². The van der Waals surface area contributed by atoms with Crippen molar-refractivity contribution in [1.29, 1.82) is 0 Å². The van der Waals surface area contributed by atoms with Crippen molar-refractivity contribution >= 4 is 5.97 Å². The van der Waals surface area contributed by atoms with Gasteiger partial charge in [-0.25, -0.2) is 0 Å². The van der Waals surface area contributed by atoms with E-state index in [2.05, 4.69) is 0 Å². The third-order valence-electron chi connectivity index (χ3n) is 1.52. The smallest absolute Gasteiger partial charge is 0.389 e. The minimum Gasteiger partial charge on any atom is -0.481 e. The molecule has 0 radical (unpaired) electrons. The second-order valence-corrected chi connectivity index (χ2v) is 2.75. The van der Waals surface area contributed by atoms with E-state index in [1.165, 1.54) is 6.92 Å². The molecule has 0 aliphatic heterocycles. The van der Waals surface area contributed by atoms with Gasteiger partial charge in [0.15, 0.2) is 0 Å². The van der Waals surface area contributed by atoms with Crippen LogP contribution in [0.15, 0.2) is 0 Å². The summed E-state index contributed by atoms with van der Waals surface area (Å²) in [6, 6.07) is 0. The molecule has 0 rings (SSSR count). The molecule has 0 saturated carbocycles. The molecule has 0 aromatic carbocycles. The van der Waals surface area contributed by atoms with Gasteiger partial charge in [0.25, 0.3) is 0 Å². The number of hydrogen-bond acceptors (Lipinski definition) is 1. The molecule has 0 saturated heterocycles. The second-order valence-electron chi connectivity index (χ2n) is 2.75. The van der Waals surface area contributed by atoms with Gasteiger partial charge >= 0.3 is 12.1 Å². The van der Waals surface area contributed by atoms with E-state index in [4.69, 9.17) is 5.11 Å². The van der Waals surface area contributed by atoms with Crippen LogP contribution in [-0.4, -0.2) is 17.3 Å². The quantitative estimate of drug-likeness (QED) is 0.728. The van der Waals surface area contributed by atoms with Gasteiger partial charge in [-0.1, -0.05) is 6.92 Å². The Morgan fingerprint density at radius 3 is 2.33 bits per heavy atom. The predicted molar refractivity (Wildman–Crippen MR) is 36.7 cm³/mol. The van der Waals surface area contributed by atoms with Crippen molar-refractivity contribution in [2.24, 2.45) is 5.92 Å². The molecular weight excluding hydrogens is 173 g/mol. The van der Waals surface area contributed by atoms with Crippen LogP contribution in [-0.2, 0) is 4.79 Å². The Hall–Kier alpha value is -0.740. The van der Waals surface area contributed by atoms with Crippen molar-refractivity contribution in [3.63, 3.8) is 0 Å². The summed E-state index contributed by atoms with van der Waals surface area (Å²) < 4.78 is 34.7. The highest BCUT2D eigenvalue weighted by molar-refractivity contribution is 5.69. The molecule has 1 N–H and O–H groups in total. The summed E-state index contributed by atoms with van der Waals surface area (Å²) in [5.41, 5.74) is 0. The number of rotatable bonds is 4. The predicted octanol–water partition coefficient (Wildman–Crippen LogP) is 2.44. The third kappa shape index (κ3) is 6.00. The Kier molecular flexibility index (Phi) is 4.06. The highest BCUT2D eigenvalue weighted by Crippen LogP contribution is 2.23. The van der Waals surface area contributed by atoms with Crippen LogP contribution in [0.2, 0.25) is 0 Å². The normalized spacial score (nSPS) is 14.3. The average molecular weight is 184 g/mol. The molecule has 12 heavy (non-hydrogen) atoms. The van der Waals surface area contributed by atoms with E-state index in [1.807, 2.05) is 0 Å². The maximum atomic E-state index is 11.6. The number of halogens is 3. The number of carboxylic acids is 1. The Morgan fingerprint density at radius 1 is 1.50 bits per heavy atom. The lowest BCUT2D eigenvalue weighted by molar-refractivity contribution is -0.144. The van der Waals surface area contributed by atoms with Crippen molar-refractivity contribution in [2.75, 3.05) is 0 Å². The number of carboxylic acid groups (broad SMARTS) is 1. The highest BCUT2D eigenvalue weighted by atomic mass is 19.4. The zero-order chi connectivity index (χ0) is 9.78. The molecule has 72 valence electrons. The highest BCUT2D eigenvalue weighted by Gasteiger charge is 2.26. The van der Waals surface area contributed by atoms with E-state index < -0.39 is 24.5 Å². The fraction of sp³-hybridized carbons (Fsp3) is 0.857. The van der Waals surface area contributed by atoms with Crippen LogP contribution < -0.4 is 0 Å². The second kappa shape index (κ2) is 4.33. The van der Waals surface area contributed by atoms with Gasteiger partial charge in [-0.3, -0.25) is 4.79 Å². The lowest BCUT2D eigenvalue weighted by atomic mass is 10.0. The Labute approximate surface area is 68.4 Å². The van der Waals surface area contributed by atoms with Gasteiger partial charge in [0.05, 0.1) is 5.92 Å². The molecule has 0 heterocycles. The number of aliphatic carboxylic acids is 1. The van der Waals surface area contributed by atoms with Gasteiger partial charge in [-0.05, 0) is 12.8 Å². The topological polar surface area (TPSA) is 37.3 Å². The van der Waals surface area contributed by atoms with E-state index in [-0.39, 0.29) is 12.8 Å². The summed E-state index contributed by atoms with van der Waals surface area (Å²) in [7, 11) is 0. The van der Waals surface area contributed by atoms with E-state index in [1.54, 1.807) is 0 Å². The summed E-state index contributed by atoms with van der Waals surface area (Å²) in [5, 5.41) is 8.33. The van der Waals surface area contributed by atoms with Gasteiger partial charge in [0, 0.05) is 6.42 Å². The lowest BCUT2D eigenvalue weighted by Crippen LogP contribution is -2.12.